The van der Waals surface area contributed by atoms with Crippen molar-refractivity contribution in [3.63, 3.8) is 0 Å². The van der Waals surface area contributed by atoms with Gasteiger partial charge in [-0.25, -0.2) is 4.39 Å². The first kappa shape index (κ1) is 17.1. The van der Waals surface area contributed by atoms with Crippen LogP contribution in [-0.4, -0.2) is 18.8 Å². The Bertz CT molecular complexity index is 924. The van der Waals surface area contributed by atoms with Gasteiger partial charge >= 0.3 is 0 Å². The lowest BCUT2D eigenvalue weighted by atomic mass is 10.0. The number of hydrogen-bond donors (Lipinski definition) is 0. The topological polar surface area (TPSA) is 38.5 Å². The first-order valence-electron chi connectivity index (χ1n) is 8.47. The molecule has 0 N–H and O–H groups in total. The zero-order valence-corrected chi connectivity index (χ0v) is 15.9. The van der Waals surface area contributed by atoms with Gasteiger partial charge in [0.1, 0.15) is 11.6 Å². The third-order valence-corrected chi connectivity index (χ3v) is 5.28. The van der Waals surface area contributed by atoms with E-state index in [1.54, 1.807) is 7.11 Å². The maximum absolute atomic E-state index is 13.1. The first-order valence-corrected chi connectivity index (χ1v) is 9.27. The maximum Gasteiger partial charge on any atom is 0.176 e. The van der Waals surface area contributed by atoms with Crippen LogP contribution in [0.3, 0.4) is 0 Å². The molecule has 26 heavy (non-hydrogen) atoms. The third-order valence-electron chi connectivity index (χ3n) is 4.62. The Balaban J connectivity index is 1.65. The molecular formula is C20H18BrFN2O2. The van der Waals surface area contributed by atoms with Crippen molar-refractivity contribution >= 4 is 21.7 Å². The smallest absolute Gasteiger partial charge is 0.176 e. The molecule has 0 atom stereocenters. The van der Waals surface area contributed by atoms with Crippen LogP contribution in [0.1, 0.15) is 17.5 Å². The van der Waals surface area contributed by atoms with Crippen LogP contribution in [-0.2, 0) is 13.0 Å². The quantitative estimate of drug-likeness (QED) is 0.585. The molecule has 0 radical (unpaired) electrons. The van der Waals surface area contributed by atoms with Gasteiger partial charge in [-0.1, -0.05) is 17.3 Å². The van der Waals surface area contributed by atoms with Crippen LogP contribution in [0.15, 0.2) is 51.5 Å². The fraction of sp³-hybridized carbons (Fsp3) is 0.250. The highest BCUT2D eigenvalue weighted by atomic mass is 79.9. The van der Waals surface area contributed by atoms with Crippen LogP contribution in [0.2, 0.25) is 0 Å². The number of nitrogens with zero attached hydrogens (tertiary/aromatic N) is 2. The Labute approximate surface area is 159 Å². The molecule has 134 valence electrons. The second-order valence-electron chi connectivity index (χ2n) is 6.31. The van der Waals surface area contributed by atoms with E-state index in [1.807, 2.05) is 30.3 Å². The number of hydrogen-bond acceptors (Lipinski definition) is 4. The summed E-state index contributed by atoms with van der Waals surface area (Å²) in [6, 6.07) is 12.5. The van der Waals surface area contributed by atoms with E-state index >= 15 is 0 Å². The summed E-state index contributed by atoms with van der Waals surface area (Å²) < 4.78 is 25.1. The number of anilines is 1. The van der Waals surface area contributed by atoms with Crippen LogP contribution < -0.4 is 9.64 Å². The van der Waals surface area contributed by atoms with Gasteiger partial charge in [0.15, 0.2) is 11.6 Å². The predicted octanol–water partition coefficient (Wildman–Crippen LogP) is 5.20. The number of methoxy groups -OCH3 is 1. The van der Waals surface area contributed by atoms with Crippen molar-refractivity contribution in [2.75, 3.05) is 18.6 Å². The van der Waals surface area contributed by atoms with Crippen molar-refractivity contribution in [2.45, 2.75) is 19.4 Å². The van der Waals surface area contributed by atoms with Gasteiger partial charge in [-0.2, -0.15) is 0 Å². The zero-order valence-electron chi connectivity index (χ0n) is 14.3. The number of aromatic nitrogens is 1. The molecule has 0 unspecified atom stereocenters. The van der Waals surface area contributed by atoms with E-state index in [4.69, 9.17) is 9.26 Å². The van der Waals surface area contributed by atoms with Crippen LogP contribution in [0.4, 0.5) is 10.2 Å². The minimum Gasteiger partial charge on any atom is -0.496 e. The molecule has 2 aromatic carbocycles. The van der Waals surface area contributed by atoms with Crippen LogP contribution >= 0.6 is 15.9 Å². The summed E-state index contributed by atoms with van der Waals surface area (Å²) in [5.74, 6) is 2.19. The average Bonchev–Trinajstić information content (AvgIpc) is 3.09. The molecule has 3 aromatic rings. The highest BCUT2D eigenvalue weighted by Gasteiger charge is 2.26. The lowest BCUT2D eigenvalue weighted by molar-refractivity contribution is 0.411. The number of rotatable bonds is 4. The first-order chi connectivity index (χ1) is 12.7. The predicted molar refractivity (Wildman–Crippen MR) is 102 cm³/mol. The fourth-order valence-corrected chi connectivity index (χ4v) is 3.73. The summed E-state index contributed by atoms with van der Waals surface area (Å²) in [6.45, 7) is 1.59. The molecule has 4 nitrogen and oxygen atoms in total. The Morgan fingerprint density at radius 1 is 1.23 bits per heavy atom. The Morgan fingerprint density at radius 3 is 2.81 bits per heavy atom. The van der Waals surface area contributed by atoms with Crippen LogP contribution in [0, 0.1) is 5.82 Å². The van der Waals surface area contributed by atoms with Crippen molar-refractivity contribution in [1.82, 2.24) is 5.16 Å². The standard InChI is InChI=1S/C20H18BrFN2O2/c1-25-18-11-14(6-9-17(18)21)19-16-3-2-10-24(20(16)23-26-19)12-13-4-7-15(22)8-5-13/h4-9,11H,2-3,10,12H2,1H3. The third kappa shape index (κ3) is 3.21. The maximum atomic E-state index is 13.1. The summed E-state index contributed by atoms with van der Waals surface area (Å²) in [4.78, 5) is 2.19. The summed E-state index contributed by atoms with van der Waals surface area (Å²) in [6.07, 6.45) is 1.95. The van der Waals surface area contributed by atoms with Crippen molar-refractivity contribution in [2.24, 2.45) is 0 Å². The molecule has 1 aliphatic heterocycles. The molecule has 0 fully saturated rings. The molecule has 2 heterocycles. The second kappa shape index (κ2) is 7.11. The highest BCUT2D eigenvalue weighted by molar-refractivity contribution is 9.10. The molecule has 0 spiro atoms. The molecule has 0 saturated heterocycles. The van der Waals surface area contributed by atoms with Gasteiger partial charge in [0.2, 0.25) is 0 Å². The summed E-state index contributed by atoms with van der Waals surface area (Å²) in [5, 5.41) is 4.33. The van der Waals surface area contributed by atoms with Crippen molar-refractivity contribution in [3.05, 3.63) is 63.9 Å². The summed E-state index contributed by atoms with van der Waals surface area (Å²) in [5.41, 5.74) is 3.11. The molecule has 0 saturated carbocycles. The van der Waals surface area contributed by atoms with E-state index in [0.717, 1.165) is 57.9 Å². The van der Waals surface area contributed by atoms with Crippen LogP contribution in [0.25, 0.3) is 11.3 Å². The van der Waals surface area contributed by atoms with Crippen molar-refractivity contribution in [3.8, 4) is 17.1 Å². The van der Waals surface area contributed by atoms with Gasteiger partial charge in [0.25, 0.3) is 0 Å². The second-order valence-corrected chi connectivity index (χ2v) is 7.17. The minimum atomic E-state index is -0.221. The number of fused-ring (bicyclic) bond motifs is 1. The normalized spacial score (nSPS) is 13.6. The molecule has 6 heteroatoms. The van der Waals surface area contributed by atoms with Gasteiger partial charge in [-0.3, -0.25) is 0 Å². The number of benzene rings is 2. The molecule has 1 aliphatic rings. The Hall–Kier alpha value is -2.34. The number of ether oxygens (including phenoxy) is 1. The van der Waals surface area contributed by atoms with Crippen molar-refractivity contribution in [1.29, 1.82) is 0 Å². The van der Waals surface area contributed by atoms with Gasteiger partial charge in [-0.05, 0) is 64.7 Å². The molecule has 0 bridgehead atoms. The minimum absolute atomic E-state index is 0.221. The van der Waals surface area contributed by atoms with E-state index in [0.29, 0.717) is 6.54 Å². The molecule has 0 aliphatic carbocycles. The van der Waals surface area contributed by atoms with Gasteiger partial charge in [0.05, 0.1) is 11.6 Å². The highest BCUT2D eigenvalue weighted by Crippen LogP contribution is 2.38. The zero-order chi connectivity index (χ0) is 18.1. The molecular weight excluding hydrogens is 399 g/mol. The Kier molecular flexibility index (Phi) is 4.68. The molecule has 4 rings (SSSR count). The molecule has 1 aromatic heterocycles. The largest absolute Gasteiger partial charge is 0.496 e. The monoisotopic (exact) mass is 416 g/mol. The van der Waals surface area contributed by atoms with Crippen molar-refractivity contribution < 1.29 is 13.7 Å². The average molecular weight is 417 g/mol. The van der Waals surface area contributed by atoms with E-state index in [-0.39, 0.29) is 5.82 Å². The van der Waals surface area contributed by atoms with E-state index in [2.05, 4.69) is 26.0 Å². The van der Waals surface area contributed by atoms with Gasteiger partial charge < -0.3 is 14.2 Å². The SMILES string of the molecule is COc1cc(-c2onc3c2CCCN3Cc2ccc(F)cc2)ccc1Br. The number of halogens is 2. The van der Waals surface area contributed by atoms with E-state index in [1.165, 1.54) is 12.1 Å². The summed E-state index contributed by atoms with van der Waals surface area (Å²) >= 11 is 3.47. The molecule has 0 amide bonds. The van der Waals surface area contributed by atoms with Crippen LogP contribution in [0.5, 0.6) is 5.75 Å². The lowest BCUT2D eigenvalue weighted by Crippen LogP contribution is -2.28. The van der Waals surface area contributed by atoms with E-state index in [9.17, 15) is 4.39 Å². The fourth-order valence-electron chi connectivity index (χ4n) is 3.32. The lowest BCUT2D eigenvalue weighted by Gasteiger charge is -2.27. The summed E-state index contributed by atoms with van der Waals surface area (Å²) in [7, 11) is 1.64. The van der Waals surface area contributed by atoms with Gasteiger partial charge in [-0.15, -0.1) is 0 Å². The van der Waals surface area contributed by atoms with Gasteiger partial charge in [0, 0.05) is 24.2 Å². The van der Waals surface area contributed by atoms with E-state index < -0.39 is 0 Å². The Morgan fingerprint density at radius 2 is 2.04 bits per heavy atom.